The molecule has 1 amide bonds. The van der Waals surface area contributed by atoms with Gasteiger partial charge < -0.3 is 14.8 Å². The van der Waals surface area contributed by atoms with E-state index in [-0.39, 0.29) is 5.91 Å². The number of halogens is 1. The van der Waals surface area contributed by atoms with Gasteiger partial charge in [-0.1, -0.05) is 13.8 Å². The SMILES string of the molecule is CCCOc1c(Br)cc(C(=O)NCCN(CC)C2CC2)cc1OC. The van der Waals surface area contributed by atoms with E-state index in [0.29, 0.717) is 30.2 Å². The Hall–Kier alpha value is -1.27. The minimum absolute atomic E-state index is 0.0945. The molecule has 1 N–H and O–H groups in total. The minimum Gasteiger partial charge on any atom is -0.493 e. The van der Waals surface area contributed by atoms with Gasteiger partial charge in [-0.3, -0.25) is 9.69 Å². The van der Waals surface area contributed by atoms with Crippen LogP contribution in [-0.4, -0.2) is 50.2 Å². The van der Waals surface area contributed by atoms with Crippen molar-refractivity contribution in [2.75, 3.05) is 33.4 Å². The van der Waals surface area contributed by atoms with Gasteiger partial charge in [-0.05, 0) is 53.9 Å². The molecular weight excluding hydrogens is 372 g/mol. The van der Waals surface area contributed by atoms with Gasteiger partial charge in [0.1, 0.15) is 0 Å². The fraction of sp³-hybridized carbons (Fsp3) is 0.611. The number of ether oxygens (including phenoxy) is 2. The van der Waals surface area contributed by atoms with Gasteiger partial charge in [-0.2, -0.15) is 0 Å². The first-order valence-electron chi connectivity index (χ1n) is 8.63. The molecule has 0 unspecified atom stereocenters. The molecule has 0 atom stereocenters. The van der Waals surface area contributed by atoms with Crippen LogP contribution in [0.1, 0.15) is 43.5 Å². The minimum atomic E-state index is -0.0945. The van der Waals surface area contributed by atoms with Crippen LogP contribution in [0, 0.1) is 0 Å². The van der Waals surface area contributed by atoms with Gasteiger partial charge in [-0.25, -0.2) is 0 Å². The van der Waals surface area contributed by atoms with E-state index in [9.17, 15) is 4.79 Å². The number of hydrogen-bond donors (Lipinski definition) is 1. The Kier molecular flexibility index (Phi) is 7.37. The van der Waals surface area contributed by atoms with Crippen LogP contribution in [-0.2, 0) is 0 Å². The number of rotatable bonds is 10. The van der Waals surface area contributed by atoms with E-state index in [1.54, 1.807) is 19.2 Å². The number of methoxy groups -OCH3 is 1. The Bertz CT molecular complexity index is 561. The van der Waals surface area contributed by atoms with Crippen molar-refractivity contribution in [3.8, 4) is 11.5 Å². The van der Waals surface area contributed by atoms with Gasteiger partial charge in [0.15, 0.2) is 11.5 Å². The van der Waals surface area contributed by atoms with Crippen LogP contribution in [0.15, 0.2) is 16.6 Å². The third-order valence-electron chi connectivity index (χ3n) is 4.10. The highest BCUT2D eigenvalue weighted by molar-refractivity contribution is 9.10. The molecule has 0 saturated heterocycles. The Morgan fingerprint density at radius 1 is 1.38 bits per heavy atom. The summed E-state index contributed by atoms with van der Waals surface area (Å²) in [4.78, 5) is 14.8. The second kappa shape index (κ2) is 9.28. The van der Waals surface area contributed by atoms with Crippen molar-refractivity contribution in [1.82, 2.24) is 10.2 Å². The third kappa shape index (κ3) is 5.11. The standard InChI is InChI=1S/C18H27BrN2O3/c1-4-10-24-17-15(19)11-13(12-16(17)23-3)18(22)20-8-9-21(5-2)14-6-7-14/h11-12,14H,4-10H2,1-3H3,(H,20,22). The van der Waals surface area contributed by atoms with E-state index < -0.39 is 0 Å². The fourth-order valence-electron chi connectivity index (χ4n) is 2.65. The van der Waals surface area contributed by atoms with E-state index in [1.807, 2.05) is 6.92 Å². The summed E-state index contributed by atoms with van der Waals surface area (Å²) in [5.74, 6) is 1.11. The lowest BCUT2D eigenvalue weighted by Gasteiger charge is -2.20. The van der Waals surface area contributed by atoms with E-state index >= 15 is 0 Å². The summed E-state index contributed by atoms with van der Waals surface area (Å²) in [6.45, 7) is 7.39. The zero-order valence-electron chi connectivity index (χ0n) is 14.7. The molecule has 5 nitrogen and oxygen atoms in total. The van der Waals surface area contributed by atoms with Crippen LogP contribution >= 0.6 is 15.9 Å². The average molecular weight is 399 g/mol. The lowest BCUT2D eigenvalue weighted by Crippen LogP contribution is -2.36. The summed E-state index contributed by atoms with van der Waals surface area (Å²) in [7, 11) is 1.58. The largest absolute Gasteiger partial charge is 0.493 e. The van der Waals surface area contributed by atoms with Crippen LogP contribution in [0.2, 0.25) is 0 Å². The number of hydrogen-bond acceptors (Lipinski definition) is 4. The zero-order valence-corrected chi connectivity index (χ0v) is 16.3. The predicted octanol–water partition coefficient (Wildman–Crippen LogP) is 3.46. The Balaban J connectivity index is 1.96. The average Bonchev–Trinajstić information content (AvgIpc) is 3.41. The molecule has 1 fully saturated rings. The molecule has 1 aliphatic rings. The first-order chi connectivity index (χ1) is 11.6. The van der Waals surface area contributed by atoms with Gasteiger partial charge in [0.05, 0.1) is 18.2 Å². The Labute approximate surface area is 152 Å². The predicted molar refractivity (Wildman–Crippen MR) is 99.1 cm³/mol. The molecule has 0 aromatic heterocycles. The molecule has 0 radical (unpaired) electrons. The van der Waals surface area contributed by atoms with Gasteiger partial charge in [0, 0.05) is 24.7 Å². The first kappa shape index (κ1) is 19.1. The quantitative estimate of drug-likeness (QED) is 0.655. The molecule has 2 rings (SSSR count). The first-order valence-corrected chi connectivity index (χ1v) is 9.42. The molecule has 1 aromatic carbocycles. The molecule has 0 heterocycles. The monoisotopic (exact) mass is 398 g/mol. The maximum Gasteiger partial charge on any atom is 0.251 e. The highest BCUT2D eigenvalue weighted by atomic mass is 79.9. The molecule has 1 aliphatic carbocycles. The topological polar surface area (TPSA) is 50.8 Å². The fourth-order valence-corrected chi connectivity index (χ4v) is 3.21. The van der Waals surface area contributed by atoms with Gasteiger partial charge >= 0.3 is 0 Å². The van der Waals surface area contributed by atoms with E-state index in [2.05, 4.69) is 33.1 Å². The van der Waals surface area contributed by atoms with E-state index in [1.165, 1.54) is 12.8 Å². The van der Waals surface area contributed by atoms with Gasteiger partial charge in [-0.15, -0.1) is 0 Å². The number of carbonyl (C=O) groups is 1. The second-order valence-electron chi connectivity index (χ2n) is 5.95. The van der Waals surface area contributed by atoms with Crippen molar-refractivity contribution in [2.24, 2.45) is 0 Å². The van der Waals surface area contributed by atoms with Crippen molar-refractivity contribution in [2.45, 2.75) is 39.2 Å². The van der Waals surface area contributed by atoms with Crippen molar-refractivity contribution in [3.05, 3.63) is 22.2 Å². The number of carbonyl (C=O) groups excluding carboxylic acids is 1. The molecule has 1 aromatic rings. The number of amides is 1. The Morgan fingerprint density at radius 3 is 2.71 bits per heavy atom. The lowest BCUT2D eigenvalue weighted by molar-refractivity contribution is 0.0947. The van der Waals surface area contributed by atoms with Crippen molar-refractivity contribution in [3.63, 3.8) is 0 Å². The van der Waals surface area contributed by atoms with Gasteiger partial charge in [0.2, 0.25) is 0 Å². The third-order valence-corrected chi connectivity index (χ3v) is 4.69. The summed E-state index contributed by atoms with van der Waals surface area (Å²) in [5.41, 5.74) is 0.567. The molecule has 134 valence electrons. The van der Waals surface area contributed by atoms with Crippen LogP contribution in [0.4, 0.5) is 0 Å². The molecule has 6 heteroatoms. The highest BCUT2D eigenvalue weighted by Crippen LogP contribution is 2.36. The maximum atomic E-state index is 12.4. The summed E-state index contributed by atoms with van der Waals surface area (Å²) in [6, 6.07) is 4.22. The smallest absolute Gasteiger partial charge is 0.251 e. The molecule has 0 bridgehead atoms. The normalized spacial score (nSPS) is 13.9. The number of likely N-dealkylation sites (N-methyl/N-ethyl adjacent to an activating group) is 1. The van der Waals surface area contributed by atoms with Crippen molar-refractivity contribution < 1.29 is 14.3 Å². The molecular formula is C18H27BrN2O3. The van der Waals surface area contributed by atoms with Gasteiger partial charge in [0.25, 0.3) is 5.91 Å². The number of nitrogens with one attached hydrogen (secondary N) is 1. The van der Waals surface area contributed by atoms with E-state index in [4.69, 9.17) is 9.47 Å². The van der Waals surface area contributed by atoms with Crippen LogP contribution in [0.25, 0.3) is 0 Å². The maximum absolute atomic E-state index is 12.4. The molecule has 1 saturated carbocycles. The van der Waals surface area contributed by atoms with Crippen LogP contribution in [0.5, 0.6) is 11.5 Å². The summed E-state index contributed by atoms with van der Waals surface area (Å²) < 4.78 is 11.8. The molecule has 0 aliphatic heterocycles. The summed E-state index contributed by atoms with van der Waals surface area (Å²) in [5, 5.41) is 2.99. The van der Waals surface area contributed by atoms with Crippen molar-refractivity contribution in [1.29, 1.82) is 0 Å². The Morgan fingerprint density at radius 2 is 2.12 bits per heavy atom. The van der Waals surface area contributed by atoms with E-state index in [0.717, 1.165) is 30.0 Å². The zero-order chi connectivity index (χ0) is 17.5. The second-order valence-corrected chi connectivity index (χ2v) is 6.81. The number of benzene rings is 1. The van der Waals surface area contributed by atoms with Crippen LogP contribution < -0.4 is 14.8 Å². The number of nitrogens with zero attached hydrogens (tertiary/aromatic N) is 1. The lowest BCUT2D eigenvalue weighted by atomic mass is 10.2. The van der Waals surface area contributed by atoms with Crippen molar-refractivity contribution >= 4 is 21.8 Å². The summed E-state index contributed by atoms with van der Waals surface area (Å²) in [6.07, 6.45) is 3.48. The summed E-state index contributed by atoms with van der Waals surface area (Å²) >= 11 is 3.47. The molecule has 24 heavy (non-hydrogen) atoms. The highest BCUT2D eigenvalue weighted by Gasteiger charge is 2.27. The molecule has 0 spiro atoms. The van der Waals surface area contributed by atoms with Crippen LogP contribution in [0.3, 0.4) is 0 Å².